The highest BCUT2D eigenvalue weighted by Crippen LogP contribution is 2.17. The van der Waals surface area contributed by atoms with Gasteiger partial charge in [-0.1, -0.05) is 18.2 Å². The Hall–Kier alpha value is -2.86. The molecule has 2 N–H and O–H groups in total. The minimum Gasteiger partial charge on any atom is -0.496 e. The Bertz CT molecular complexity index is 812. The summed E-state index contributed by atoms with van der Waals surface area (Å²) in [5.74, 6) is 0.930. The predicted octanol–water partition coefficient (Wildman–Crippen LogP) is 0.919. The number of rotatable bonds is 7. The van der Waals surface area contributed by atoms with Crippen LogP contribution in [0.25, 0.3) is 0 Å². The van der Waals surface area contributed by atoms with Crippen LogP contribution in [0.5, 0.6) is 5.75 Å². The molecular weight excluding hydrogens is 354 g/mol. The van der Waals surface area contributed by atoms with Crippen molar-refractivity contribution in [2.75, 3.05) is 44.7 Å². The van der Waals surface area contributed by atoms with E-state index in [1.807, 2.05) is 48.5 Å². The van der Waals surface area contributed by atoms with Crippen LogP contribution in [0.4, 0.5) is 5.69 Å². The summed E-state index contributed by atoms with van der Waals surface area (Å²) in [5.41, 5.74) is 2.84. The van der Waals surface area contributed by atoms with Crippen LogP contribution in [0.15, 0.2) is 48.5 Å². The lowest BCUT2D eigenvalue weighted by atomic mass is 10.1. The van der Waals surface area contributed by atoms with Gasteiger partial charge in [-0.05, 0) is 37.3 Å². The molecule has 0 atom stereocenters. The van der Waals surface area contributed by atoms with Gasteiger partial charge in [0.1, 0.15) is 5.75 Å². The van der Waals surface area contributed by atoms with Crippen molar-refractivity contribution < 1.29 is 19.2 Å². The van der Waals surface area contributed by atoms with Gasteiger partial charge in [0.2, 0.25) is 0 Å². The summed E-state index contributed by atoms with van der Waals surface area (Å²) in [6.45, 7) is 6.16. The quantitative estimate of drug-likeness (QED) is 0.699. The second kappa shape index (κ2) is 9.37. The SMILES string of the molecule is COc1ccccc1CNC(=O)C[NH+]1CCN(c2ccc(C(C)=O)cc2)CC1. The van der Waals surface area contributed by atoms with E-state index in [1.54, 1.807) is 14.0 Å². The summed E-state index contributed by atoms with van der Waals surface area (Å²) >= 11 is 0. The first kappa shape index (κ1) is 19.9. The van der Waals surface area contributed by atoms with Gasteiger partial charge in [-0.15, -0.1) is 0 Å². The third-order valence-corrected chi connectivity index (χ3v) is 5.19. The van der Waals surface area contributed by atoms with Gasteiger partial charge < -0.3 is 19.9 Å². The molecule has 0 aromatic heterocycles. The summed E-state index contributed by atoms with van der Waals surface area (Å²) in [6, 6.07) is 15.5. The minimum absolute atomic E-state index is 0.0557. The van der Waals surface area contributed by atoms with E-state index in [1.165, 1.54) is 4.90 Å². The first-order valence-corrected chi connectivity index (χ1v) is 9.65. The summed E-state index contributed by atoms with van der Waals surface area (Å²) in [6.07, 6.45) is 0. The van der Waals surface area contributed by atoms with E-state index >= 15 is 0 Å². The number of nitrogens with one attached hydrogen (secondary N) is 2. The third kappa shape index (κ3) is 5.10. The molecule has 2 aromatic rings. The van der Waals surface area contributed by atoms with E-state index in [2.05, 4.69) is 10.2 Å². The molecule has 28 heavy (non-hydrogen) atoms. The summed E-state index contributed by atoms with van der Waals surface area (Å²) in [4.78, 5) is 27.3. The van der Waals surface area contributed by atoms with E-state index in [4.69, 9.17) is 4.74 Å². The van der Waals surface area contributed by atoms with Crippen LogP contribution < -0.4 is 19.9 Å². The maximum atomic E-state index is 12.3. The van der Waals surface area contributed by atoms with Crippen LogP contribution in [0.3, 0.4) is 0 Å². The Balaban J connectivity index is 1.44. The van der Waals surface area contributed by atoms with Crippen molar-refractivity contribution in [2.45, 2.75) is 13.5 Å². The second-order valence-corrected chi connectivity index (χ2v) is 7.11. The minimum atomic E-state index is 0.0557. The van der Waals surface area contributed by atoms with E-state index in [-0.39, 0.29) is 11.7 Å². The topological polar surface area (TPSA) is 63.1 Å². The Kier molecular flexibility index (Phi) is 6.66. The van der Waals surface area contributed by atoms with Crippen LogP contribution in [-0.4, -0.2) is 51.5 Å². The van der Waals surface area contributed by atoms with Crippen LogP contribution in [0, 0.1) is 0 Å². The summed E-state index contributed by atoms with van der Waals surface area (Å²) < 4.78 is 5.32. The Morgan fingerprint density at radius 2 is 1.75 bits per heavy atom. The molecule has 1 aliphatic heterocycles. The molecule has 0 spiro atoms. The van der Waals surface area contributed by atoms with Crippen LogP contribution >= 0.6 is 0 Å². The number of para-hydroxylation sites is 1. The number of benzene rings is 2. The normalized spacial score (nSPS) is 14.6. The summed E-state index contributed by atoms with van der Waals surface area (Å²) in [5, 5.41) is 3.00. The number of carbonyl (C=O) groups excluding carboxylic acids is 2. The van der Waals surface area contributed by atoms with Gasteiger partial charge >= 0.3 is 0 Å². The van der Waals surface area contributed by atoms with E-state index in [0.29, 0.717) is 13.1 Å². The van der Waals surface area contributed by atoms with E-state index in [0.717, 1.165) is 48.7 Å². The number of anilines is 1. The highest BCUT2D eigenvalue weighted by Gasteiger charge is 2.22. The molecule has 0 unspecified atom stereocenters. The van der Waals surface area contributed by atoms with Gasteiger partial charge in [0.15, 0.2) is 12.3 Å². The highest BCUT2D eigenvalue weighted by atomic mass is 16.5. The standard InChI is InChI=1S/C22H27N3O3/c1-17(26)18-7-9-20(10-8-18)25-13-11-24(12-14-25)16-22(27)23-15-19-5-3-4-6-21(19)28-2/h3-10H,11-16H2,1-2H3,(H,23,27)/p+1. The predicted molar refractivity (Wildman–Crippen MR) is 109 cm³/mol. The van der Waals surface area contributed by atoms with Gasteiger partial charge in [-0.3, -0.25) is 9.59 Å². The molecule has 6 heteroatoms. The van der Waals surface area contributed by atoms with Crippen molar-refractivity contribution in [3.05, 3.63) is 59.7 Å². The number of ketones is 1. The zero-order chi connectivity index (χ0) is 19.9. The number of ether oxygens (including phenoxy) is 1. The van der Waals surface area contributed by atoms with Crippen molar-refractivity contribution in [3.63, 3.8) is 0 Å². The van der Waals surface area contributed by atoms with E-state index in [9.17, 15) is 9.59 Å². The molecule has 1 heterocycles. The van der Waals surface area contributed by atoms with Crippen molar-refractivity contribution in [3.8, 4) is 5.75 Å². The largest absolute Gasteiger partial charge is 0.496 e. The first-order chi connectivity index (χ1) is 13.6. The maximum Gasteiger partial charge on any atom is 0.275 e. The van der Waals surface area contributed by atoms with Crippen molar-refractivity contribution in [2.24, 2.45) is 0 Å². The zero-order valence-corrected chi connectivity index (χ0v) is 16.5. The molecule has 6 nitrogen and oxygen atoms in total. The number of methoxy groups -OCH3 is 1. The molecule has 148 valence electrons. The van der Waals surface area contributed by atoms with Crippen LogP contribution in [0.1, 0.15) is 22.8 Å². The number of quaternary nitrogens is 1. The van der Waals surface area contributed by atoms with Crippen LogP contribution in [-0.2, 0) is 11.3 Å². The van der Waals surface area contributed by atoms with Crippen molar-refractivity contribution >= 4 is 17.4 Å². The van der Waals surface area contributed by atoms with Gasteiger partial charge in [0.25, 0.3) is 5.91 Å². The summed E-state index contributed by atoms with van der Waals surface area (Å²) in [7, 11) is 1.64. The number of amides is 1. The Morgan fingerprint density at radius 3 is 2.39 bits per heavy atom. The lowest BCUT2D eigenvalue weighted by Crippen LogP contribution is -3.15. The fourth-order valence-corrected chi connectivity index (χ4v) is 3.50. The van der Waals surface area contributed by atoms with Gasteiger partial charge in [-0.25, -0.2) is 0 Å². The first-order valence-electron chi connectivity index (χ1n) is 9.65. The van der Waals surface area contributed by atoms with E-state index < -0.39 is 0 Å². The van der Waals surface area contributed by atoms with Crippen molar-refractivity contribution in [1.82, 2.24) is 5.32 Å². The van der Waals surface area contributed by atoms with Gasteiger partial charge in [0, 0.05) is 23.4 Å². The molecule has 0 bridgehead atoms. The van der Waals surface area contributed by atoms with Gasteiger partial charge in [-0.2, -0.15) is 0 Å². The molecule has 0 aliphatic carbocycles. The number of piperazine rings is 1. The molecule has 0 saturated carbocycles. The number of hydrogen-bond acceptors (Lipinski definition) is 4. The molecule has 3 rings (SSSR count). The Morgan fingerprint density at radius 1 is 1.07 bits per heavy atom. The lowest BCUT2D eigenvalue weighted by Gasteiger charge is -2.33. The highest BCUT2D eigenvalue weighted by molar-refractivity contribution is 5.94. The zero-order valence-electron chi connectivity index (χ0n) is 16.5. The molecule has 1 fully saturated rings. The molecule has 0 radical (unpaired) electrons. The monoisotopic (exact) mass is 382 g/mol. The molecule has 1 saturated heterocycles. The average molecular weight is 382 g/mol. The third-order valence-electron chi connectivity index (χ3n) is 5.19. The molecular formula is C22H28N3O3+. The smallest absolute Gasteiger partial charge is 0.275 e. The lowest BCUT2D eigenvalue weighted by molar-refractivity contribution is -0.892. The number of carbonyl (C=O) groups is 2. The van der Waals surface area contributed by atoms with Gasteiger partial charge in [0.05, 0.1) is 33.3 Å². The molecule has 2 aromatic carbocycles. The van der Waals surface area contributed by atoms with Crippen molar-refractivity contribution in [1.29, 1.82) is 0 Å². The molecule has 1 amide bonds. The number of nitrogens with zero attached hydrogens (tertiary/aromatic N) is 1. The number of Topliss-reactive ketones (excluding diaryl/α,β-unsaturated/α-hetero) is 1. The maximum absolute atomic E-state index is 12.3. The second-order valence-electron chi connectivity index (χ2n) is 7.11. The fourth-order valence-electron chi connectivity index (χ4n) is 3.50. The molecule has 1 aliphatic rings. The Labute approximate surface area is 166 Å². The number of hydrogen-bond donors (Lipinski definition) is 2. The average Bonchev–Trinajstić information content (AvgIpc) is 2.73. The fraction of sp³-hybridized carbons (Fsp3) is 0.364. The van der Waals surface area contributed by atoms with Crippen LogP contribution in [0.2, 0.25) is 0 Å².